The largest absolute Gasteiger partial charge is 0.484 e. The van der Waals surface area contributed by atoms with Gasteiger partial charge in [0.2, 0.25) is 5.91 Å². The summed E-state index contributed by atoms with van der Waals surface area (Å²) in [6, 6.07) is 14.6. The molecule has 0 aliphatic heterocycles. The molecule has 5 nitrogen and oxygen atoms in total. The van der Waals surface area contributed by atoms with E-state index in [1.807, 2.05) is 50.2 Å². The minimum absolute atomic E-state index is 0.0856. The normalized spacial score (nSPS) is 15.1. The topological polar surface area (TPSA) is 58.6 Å². The number of carbonyl (C=O) groups is 2. The fraction of sp³-hybridized carbons (Fsp3) is 0.462. The maximum Gasteiger partial charge on any atom is 0.261 e. The van der Waals surface area contributed by atoms with Crippen LogP contribution in [0.5, 0.6) is 5.75 Å². The molecule has 6 heteroatoms. The van der Waals surface area contributed by atoms with E-state index in [0.29, 0.717) is 23.7 Å². The zero-order valence-electron chi connectivity index (χ0n) is 19.0. The van der Waals surface area contributed by atoms with Gasteiger partial charge < -0.3 is 15.0 Å². The second kappa shape index (κ2) is 11.9. The Balaban J connectivity index is 1.75. The van der Waals surface area contributed by atoms with Crippen molar-refractivity contribution in [3.63, 3.8) is 0 Å². The molecule has 1 aliphatic carbocycles. The van der Waals surface area contributed by atoms with Crippen LogP contribution in [0, 0.1) is 6.92 Å². The molecule has 1 N–H and O–H groups in total. The van der Waals surface area contributed by atoms with Gasteiger partial charge in [-0.05, 0) is 55.5 Å². The van der Waals surface area contributed by atoms with Crippen LogP contribution in [-0.2, 0) is 16.1 Å². The van der Waals surface area contributed by atoms with Gasteiger partial charge in [-0.2, -0.15) is 0 Å². The van der Waals surface area contributed by atoms with Gasteiger partial charge in [-0.25, -0.2) is 0 Å². The first-order chi connectivity index (χ1) is 15.5. The molecule has 2 aromatic rings. The summed E-state index contributed by atoms with van der Waals surface area (Å²) in [7, 11) is 0. The summed E-state index contributed by atoms with van der Waals surface area (Å²) in [5, 5.41) is 3.82. The minimum atomic E-state index is -0.555. The molecule has 0 spiro atoms. The van der Waals surface area contributed by atoms with Gasteiger partial charge in [0, 0.05) is 17.6 Å². The van der Waals surface area contributed by atoms with Gasteiger partial charge in [0.25, 0.3) is 5.91 Å². The van der Waals surface area contributed by atoms with Gasteiger partial charge in [0.15, 0.2) is 6.61 Å². The SMILES string of the molecule is CC[C@@H](C(=O)NC1CCCCC1)N(Cc1ccc(Cl)cc1)C(=O)COc1ccccc1C. The smallest absolute Gasteiger partial charge is 0.261 e. The van der Waals surface area contributed by atoms with Crippen LogP contribution in [-0.4, -0.2) is 35.4 Å². The Morgan fingerprint density at radius 3 is 2.44 bits per heavy atom. The molecular weight excluding hydrogens is 424 g/mol. The summed E-state index contributed by atoms with van der Waals surface area (Å²) >= 11 is 6.03. The maximum atomic E-state index is 13.3. The number of para-hydroxylation sites is 1. The van der Waals surface area contributed by atoms with Crippen molar-refractivity contribution in [1.82, 2.24) is 10.2 Å². The molecule has 0 bridgehead atoms. The quantitative estimate of drug-likeness (QED) is 0.558. The second-order valence-electron chi connectivity index (χ2n) is 8.47. The summed E-state index contributed by atoms with van der Waals surface area (Å²) in [6.45, 7) is 4.09. The van der Waals surface area contributed by atoms with Gasteiger partial charge in [0.1, 0.15) is 11.8 Å². The lowest BCUT2D eigenvalue weighted by atomic mass is 9.95. The number of nitrogens with zero attached hydrogens (tertiary/aromatic N) is 1. The van der Waals surface area contributed by atoms with E-state index in [0.717, 1.165) is 36.8 Å². The van der Waals surface area contributed by atoms with Crippen LogP contribution in [0.15, 0.2) is 48.5 Å². The Morgan fingerprint density at radius 1 is 1.09 bits per heavy atom. The lowest BCUT2D eigenvalue weighted by Gasteiger charge is -2.32. The summed E-state index contributed by atoms with van der Waals surface area (Å²) in [5.41, 5.74) is 1.88. The van der Waals surface area contributed by atoms with E-state index < -0.39 is 6.04 Å². The Kier molecular flexibility index (Phi) is 8.98. The molecule has 32 heavy (non-hydrogen) atoms. The van der Waals surface area contributed by atoms with Gasteiger partial charge in [-0.1, -0.05) is 68.1 Å². The summed E-state index contributed by atoms with van der Waals surface area (Å²) in [5.74, 6) is 0.374. The van der Waals surface area contributed by atoms with Crippen molar-refractivity contribution >= 4 is 23.4 Å². The van der Waals surface area contributed by atoms with Crippen molar-refractivity contribution in [1.29, 1.82) is 0 Å². The van der Waals surface area contributed by atoms with Crippen LogP contribution in [0.4, 0.5) is 0 Å². The number of rotatable bonds is 9. The lowest BCUT2D eigenvalue weighted by molar-refractivity contribution is -0.143. The first-order valence-corrected chi connectivity index (χ1v) is 11.9. The summed E-state index contributed by atoms with van der Waals surface area (Å²) in [6.07, 6.45) is 6.04. The first-order valence-electron chi connectivity index (χ1n) is 11.5. The zero-order chi connectivity index (χ0) is 22.9. The van der Waals surface area contributed by atoms with Crippen LogP contribution in [0.25, 0.3) is 0 Å². The van der Waals surface area contributed by atoms with Crippen LogP contribution in [0.2, 0.25) is 5.02 Å². The van der Waals surface area contributed by atoms with Gasteiger partial charge in [-0.15, -0.1) is 0 Å². The highest BCUT2D eigenvalue weighted by molar-refractivity contribution is 6.30. The number of carbonyl (C=O) groups excluding carboxylic acids is 2. The van der Waals surface area contributed by atoms with Crippen molar-refractivity contribution in [2.75, 3.05) is 6.61 Å². The summed E-state index contributed by atoms with van der Waals surface area (Å²) < 4.78 is 5.82. The zero-order valence-corrected chi connectivity index (χ0v) is 19.7. The van der Waals surface area contributed by atoms with E-state index in [4.69, 9.17) is 16.3 Å². The lowest BCUT2D eigenvalue weighted by Crippen LogP contribution is -2.52. The highest BCUT2D eigenvalue weighted by Crippen LogP contribution is 2.20. The number of hydrogen-bond donors (Lipinski definition) is 1. The molecule has 1 saturated carbocycles. The third-order valence-corrected chi connectivity index (χ3v) is 6.30. The fourth-order valence-electron chi connectivity index (χ4n) is 4.19. The van der Waals surface area contributed by atoms with Crippen LogP contribution < -0.4 is 10.1 Å². The van der Waals surface area contributed by atoms with Crippen molar-refractivity contribution in [3.05, 3.63) is 64.7 Å². The molecule has 0 aromatic heterocycles. The van der Waals surface area contributed by atoms with Crippen LogP contribution in [0.3, 0.4) is 0 Å². The second-order valence-corrected chi connectivity index (χ2v) is 8.91. The number of hydrogen-bond acceptors (Lipinski definition) is 3. The highest BCUT2D eigenvalue weighted by atomic mass is 35.5. The molecular formula is C26H33ClN2O3. The number of ether oxygens (including phenoxy) is 1. The fourth-order valence-corrected chi connectivity index (χ4v) is 4.32. The van der Waals surface area contributed by atoms with Crippen LogP contribution >= 0.6 is 11.6 Å². The van der Waals surface area contributed by atoms with E-state index >= 15 is 0 Å². The van der Waals surface area contributed by atoms with Crippen molar-refractivity contribution in [2.45, 2.75) is 71.0 Å². The Labute approximate surface area is 196 Å². The number of aryl methyl sites for hydroxylation is 1. The van der Waals surface area contributed by atoms with E-state index in [2.05, 4.69) is 5.32 Å². The van der Waals surface area contributed by atoms with Gasteiger partial charge in [-0.3, -0.25) is 9.59 Å². The molecule has 0 radical (unpaired) electrons. The first kappa shape index (κ1) is 24.1. The Morgan fingerprint density at radius 2 is 1.78 bits per heavy atom. The predicted molar refractivity (Wildman–Crippen MR) is 128 cm³/mol. The highest BCUT2D eigenvalue weighted by Gasteiger charge is 2.30. The number of amides is 2. The van der Waals surface area contributed by atoms with E-state index in [9.17, 15) is 9.59 Å². The monoisotopic (exact) mass is 456 g/mol. The van der Waals surface area contributed by atoms with Crippen molar-refractivity contribution in [3.8, 4) is 5.75 Å². The maximum absolute atomic E-state index is 13.3. The van der Waals surface area contributed by atoms with E-state index in [1.165, 1.54) is 6.42 Å². The molecule has 1 atom stereocenters. The van der Waals surface area contributed by atoms with E-state index in [-0.39, 0.29) is 24.5 Å². The number of halogens is 1. The third kappa shape index (κ3) is 6.73. The van der Waals surface area contributed by atoms with Crippen molar-refractivity contribution in [2.24, 2.45) is 0 Å². The standard InChI is InChI=1S/C26H33ClN2O3/c1-3-23(26(31)28-22-10-5-4-6-11-22)29(17-20-13-15-21(27)16-14-20)25(30)18-32-24-12-8-7-9-19(24)2/h7-9,12-16,22-23H,3-6,10-11,17-18H2,1-2H3,(H,28,31)/t23-/m0/s1. The molecule has 2 aromatic carbocycles. The Bertz CT molecular complexity index is 894. The molecule has 172 valence electrons. The molecule has 1 fully saturated rings. The van der Waals surface area contributed by atoms with Gasteiger partial charge in [0.05, 0.1) is 0 Å². The average molecular weight is 457 g/mol. The Hall–Kier alpha value is -2.53. The molecule has 1 aliphatic rings. The minimum Gasteiger partial charge on any atom is -0.484 e. The number of benzene rings is 2. The summed E-state index contributed by atoms with van der Waals surface area (Å²) in [4.78, 5) is 28.1. The van der Waals surface area contributed by atoms with Crippen molar-refractivity contribution < 1.29 is 14.3 Å². The average Bonchev–Trinajstić information content (AvgIpc) is 2.80. The van der Waals surface area contributed by atoms with E-state index in [1.54, 1.807) is 17.0 Å². The molecule has 0 unspecified atom stereocenters. The predicted octanol–water partition coefficient (Wildman–Crippen LogP) is 5.28. The van der Waals surface area contributed by atoms with Crippen LogP contribution in [0.1, 0.15) is 56.6 Å². The number of nitrogens with one attached hydrogen (secondary N) is 1. The molecule has 0 heterocycles. The molecule has 0 saturated heterocycles. The molecule has 2 amide bonds. The van der Waals surface area contributed by atoms with Gasteiger partial charge >= 0.3 is 0 Å². The molecule has 3 rings (SSSR count). The third-order valence-electron chi connectivity index (χ3n) is 6.05.